The van der Waals surface area contributed by atoms with Crippen LogP contribution in [0.4, 0.5) is 5.69 Å². The maximum absolute atomic E-state index is 10.5. The molecule has 1 saturated heterocycles. The maximum Gasteiger partial charge on any atom is 0.143 e. The number of nitrogens with zero attached hydrogens (tertiary/aromatic N) is 2. The van der Waals surface area contributed by atoms with Crippen LogP contribution in [-0.2, 0) is 0 Å². The van der Waals surface area contributed by atoms with Crippen LogP contribution in [0.3, 0.4) is 0 Å². The second-order valence-electron chi connectivity index (χ2n) is 6.94. The normalized spacial score (nSPS) is 24.7. The van der Waals surface area contributed by atoms with Crippen LogP contribution in [0.2, 0.25) is 0 Å². The highest BCUT2D eigenvalue weighted by Gasteiger charge is 2.25. The van der Waals surface area contributed by atoms with Crippen molar-refractivity contribution < 1.29 is 9.84 Å². The number of β-amino-alcohol motifs (C(OH)–C–C–N with tert-alkyl or cyclic N) is 1. The Morgan fingerprint density at radius 1 is 1.18 bits per heavy atom. The Morgan fingerprint density at radius 3 is 2.68 bits per heavy atom. The molecule has 2 heterocycles. The van der Waals surface area contributed by atoms with E-state index in [-0.39, 0.29) is 12.2 Å². The van der Waals surface area contributed by atoms with E-state index in [0.29, 0.717) is 6.54 Å². The average Bonchev–Trinajstić information content (AvgIpc) is 2.49. The molecule has 0 bridgehead atoms. The largest absolute Gasteiger partial charge is 0.487 e. The molecule has 0 aliphatic carbocycles. The summed E-state index contributed by atoms with van der Waals surface area (Å²) in [4.78, 5) is 4.67. The quantitative estimate of drug-likeness (QED) is 0.926. The van der Waals surface area contributed by atoms with E-state index in [1.807, 2.05) is 18.2 Å². The monoisotopic (exact) mass is 304 g/mol. The third-order valence-corrected chi connectivity index (χ3v) is 4.79. The van der Waals surface area contributed by atoms with Crippen molar-refractivity contribution in [1.29, 1.82) is 0 Å². The summed E-state index contributed by atoms with van der Waals surface area (Å²) in [6, 6.07) is 8.12. The van der Waals surface area contributed by atoms with E-state index < -0.39 is 0 Å². The lowest BCUT2D eigenvalue weighted by Gasteiger charge is -2.37. The predicted molar refractivity (Wildman–Crippen MR) is 89.6 cm³/mol. The van der Waals surface area contributed by atoms with Crippen LogP contribution in [0, 0.1) is 5.92 Å². The van der Waals surface area contributed by atoms with Crippen molar-refractivity contribution in [2.24, 2.45) is 5.92 Å². The van der Waals surface area contributed by atoms with Gasteiger partial charge < -0.3 is 19.6 Å². The van der Waals surface area contributed by atoms with Crippen LogP contribution in [-0.4, -0.2) is 54.9 Å². The molecule has 2 aliphatic rings. The number of benzene rings is 1. The molecule has 1 aromatic rings. The molecule has 22 heavy (non-hydrogen) atoms. The Balaban J connectivity index is 1.58. The van der Waals surface area contributed by atoms with Gasteiger partial charge in [-0.05, 0) is 50.9 Å². The summed E-state index contributed by atoms with van der Waals surface area (Å²) in [6.07, 6.45) is 2.36. The topological polar surface area (TPSA) is 35.9 Å². The van der Waals surface area contributed by atoms with Gasteiger partial charge in [0.2, 0.25) is 0 Å². The summed E-state index contributed by atoms with van der Waals surface area (Å²) in [5.74, 6) is 1.76. The Hall–Kier alpha value is -1.26. The van der Waals surface area contributed by atoms with Crippen molar-refractivity contribution in [2.45, 2.75) is 38.9 Å². The van der Waals surface area contributed by atoms with E-state index in [2.05, 4.69) is 29.7 Å². The predicted octanol–water partition coefficient (Wildman–Crippen LogP) is 2.37. The van der Waals surface area contributed by atoms with Crippen LogP contribution in [0.1, 0.15) is 26.7 Å². The lowest BCUT2D eigenvalue weighted by atomic mass is 9.99. The number of likely N-dealkylation sites (tertiary alicyclic amines) is 1. The average molecular weight is 304 g/mol. The fourth-order valence-electron chi connectivity index (χ4n) is 3.51. The SMILES string of the molecule is CC1CCN(C[C@H](O)CN2C[C@H](C)Oc3ccccc32)CC1. The highest BCUT2D eigenvalue weighted by atomic mass is 16.5. The van der Waals surface area contributed by atoms with E-state index in [1.54, 1.807) is 0 Å². The Labute approximate surface area is 133 Å². The summed E-state index contributed by atoms with van der Waals surface area (Å²) in [7, 11) is 0. The lowest BCUT2D eigenvalue weighted by Crippen LogP contribution is -2.46. The summed E-state index contributed by atoms with van der Waals surface area (Å²) in [5, 5.41) is 10.5. The maximum atomic E-state index is 10.5. The number of anilines is 1. The van der Waals surface area contributed by atoms with E-state index in [9.17, 15) is 5.11 Å². The highest BCUT2D eigenvalue weighted by Crippen LogP contribution is 2.33. The van der Waals surface area contributed by atoms with E-state index >= 15 is 0 Å². The van der Waals surface area contributed by atoms with Gasteiger partial charge in [0.25, 0.3) is 0 Å². The smallest absolute Gasteiger partial charge is 0.143 e. The molecule has 2 aliphatic heterocycles. The van der Waals surface area contributed by atoms with Gasteiger partial charge in [-0.25, -0.2) is 0 Å². The molecule has 1 fully saturated rings. The zero-order valence-corrected chi connectivity index (χ0v) is 13.7. The second-order valence-corrected chi connectivity index (χ2v) is 6.94. The van der Waals surface area contributed by atoms with E-state index in [4.69, 9.17) is 4.74 Å². The van der Waals surface area contributed by atoms with Crippen molar-refractivity contribution in [3.05, 3.63) is 24.3 Å². The van der Waals surface area contributed by atoms with Gasteiger partial charge in [-0.2, -0.15) is 0 Å². The molecule has 122 valence electrons. The number of rotatable bonds is 4. The van der Waals surface area contributed by atoms with Crippen LogP contribution >= 0.6 is 0 Å². The molecule has 4 nitrogen and oxygen atoms in total. The zero-order chi connectivity index (χ0) is 15.5. The van der Waals surface area contributed by atoms with E-state index in [1.165, 1.54) is 12.8 Å². The van der Waals surface area contributed by atoms with Gasteiger partial charge >= 0.3 is 0 Å². The molecule has 3 rings (SSSR count). The Bertz CT molecular complexity index is 486. The van der Waals surface area contributed by atoms with Crippen molar-refractivity contribution in [3.63, 3.8) is 0 Å². The molecule has 4 heteroatoms. The molecular formula is C18H28N2O2. The molecular weight excluding hydrogens is 276 g/mol. The standard InChI is InChI=1S/C18H28N2O2/c1-14-7-9-19(10-8-14)12-16(21)13-20-11-15(2)22-18-6-4-3-5-17(18)20/h3-6,14-16,21H,7-13H2,1-2H3/t15-,16-/m0/s1. The van der Waals surface area contributed by atoms with Gasteiger partial charge in [-0.15, -0.1) is 0 Å². The van der Waals surface area contributed by atoms with Crippen LogP contribution in [0.5, 0.6) is 5.75 Å². The van der Waals surface area contributed by atoms with Crippen molar-refractivity contribution in [2.75, 3.05) is 37.6 Å². The number of aliphatic hydroxyl groups is 1. The second kappa shape index (κ2) is 6.88. The van der Waals surface area contributed by atoms with E-state index in [0.717, 1.165) is 43.5 Å². The number of hydrogen-bond acceptors (Lipinski definition) is 4. The fourth-order valence-corrected chi connectivity index (χ4v) is 3.51. The summed E-state index contributed by atoms with van der Waals surface area (Å²) in [5.41, 5.74) is 1.10. The summed E-state index contributed by atoms with van der Waals surface area (Å²) < 4.78 is 5.87. The van der Waals surface area contributed by atoms with Crippen LogP contribution in [0.15, 0.2) is 24.3 Å². The minimum atomic E-state index is -0.313. The molecule has 0 radical (unpaired) electrons. The molecule has 0 spiro atoms. The number of piperidine rings is 1. The van der Waals surface area contributed by atoms with Gasteiger partial charge in [0.05, 0.1) is 18.3 Å². The molecule has 0 unspecified atom stereocenters. The van der Waals surface area contributed by atoms with Gasteiger partial charge in [-0.1, -0.05) is 19.1 Å². The highest BCUT2D eigenvalue weighted by molar-refractivity contribution is 5.60. The summed E-state index contributed by atoms with van der Waals surface area (Å²) >= 11 is 0. The van der Waals surface area contributed by atoms with Gasteiger partial charge in [0.1, 0.15) is 11.9 Å². The third-order valence-electron chi connectivity index (χ3n) is 4.79. The third kappa shape index (κ3) is 3.73. The first kappa shape index (κ1) is 15.6. The van der Waals surface area contributed by atoms with Gasteiger partial charge in [0, 0.05) is 13.1 Å². The molecule has 2 atom stereocenters. The van der Waals surface area contributed by atoms with Crippen LogP contribution in [0.25, 0.3) is 0 Å². The summed E-state index contributed by atoms with van der Waals surface area (Å²) in [6.45, 7) is 8.94. The van der Waals surface area contributed by atoms with Gasteiger partial charge in [-0.3, -0.25) is 0 Å². The first-order valence-electron chi connectivity index (χ1n) is 8.53. The van der Waals surface area contributed by atoms with Crippen molar-refractivity contribution in [3.8, 4) is 5.75 Å². The number of aliphatic hydroxyl groups excluding tert-OH is 1. The number of para-hydroxylation sites is 2. The van der Waals surface area contributed by atoms with Crippen LogP contribution < -0.4 is 9.64 Å². The number of hydrogen-bond donors (Lipinski definition) is 1. The Kier molecular flexibility index (Phi) is 4.89. The fraction of sp³-hybridized carbons (Fsp3) is 0.667. The Morgan fingerprint density at radius 2 is 1.91 bits per heavy atom. The molecule has 1 N–H and O–H groups in total. The first-order valence-corrected chi connectivity index (χ1v) is 8.53. The lowest BCUT2D eigenvalue weighted by molar-refractivity contribution is 0.0923. The molecule has 1 aromatic carbocycles. The molecule has 0 aromatic heterocycles. The van der Waals surface area contributed by atoms with Crippen molar-refractivity contribution in [1.82, 2.24) is 4.90 Å². The minimum absolute atomic E-state index is 0.165. The first-order chi connectivity index (χ1) is 10.6. The van der Waals surface area contributed by atoms with Crippen molar-refractivity contribution >= 4 is 5.69 Å². The zero-order valence-electron chi connectivity index (χ0n) is 13.7. The molecule has 0 saturated carbocycles. The van der Waals surface area contributed by atoms with Gasteiger partial charge in [0.15, 0.2) is 0 Å². The minimum Gasteiger partial charge on any atom is -0.487 e. The number of fused-ring (bicyclic) bond motifs is 1. The molecule has 0 amide bonds. The number of ether oxygens (including phenoxy) is 1.